The van der Waals surface area contributed by atoms with Gasteiger partial charge in [0.15, 0.2) is 5.78 Å². The Bertz CT molecular complexity index is 980. The van der Waals surface area contributed by atoms with E-state index in [0.717, 1.165) is 19.3 Å². The molecule has 2 fully saturated rings. The number of ketones is 1. The number of Topliss-reactive ketones (excluding diaryl/α,β-unsaturated/α-hetero) is 1. The SMILES string of the molecule is CCCCCCCCCCCC(=O)O[C@@]12C[C@@H](C)[C@@]3(O)[C@@H](C=C(CO)C[C@]4(O)C(=O)C(C)=C[C@@H]34)[C@@H]1C2(C)C. The maximum absolute atomic E-state index is 13.1. The van der Waals surface area contributed by atoms with E-state index in [2.05, 4.69) is 20.8 Å². The molecule has 0 aromatic heterocycles. The Labute approximate surface area is 228 Å². The third-order valence-electron chi connectivity index (χ3n) is 10.7. The second-order valence-corrected chi connectivity index (χ2v) is 13.4. The van der Waals surface area contributed by atoms with Gasteiger partial charge in [-0.25, -0.2) is 0 Å². The summed E-state index contributed by atoms with van der Waals surface area (Å²) in [5.74, 6) is -2.25. The molecule has 0 amide bonds. The predicted molar refractivity (Wildman–Crippen MR) is 147 cm³/mol. The van der Waals surface area contributed by atoms with Gasteiger partial charge in [0, 0.05) is 36.0 Å². The van der Waals surface area contributed by atoms with Gasteiger partial charge in [-0.15, -0.1) is 0 Å². The molecule has 4 aliphatic carbocycles. The minimum absolute atomic E-state index is 0.00487. The molecule has 0 aromatic rings. The van der Waals surface area contributed by atoms with Crippen molar-refractivity contribution in [1.29, 1.82) is 0 Å². The minimum atomic E-state index is -1.76. The summed E-state index contributed by atoms with van der Waals surface area (Å²) in [4.78, 5) is 26.1. The van der Waals surface area contributed by atoms with Crippen LogP contribution < -0.4 is 0 Å². The average Bonchev–Trinajstić information content (AvgIpc) is 3.26. The molecule has 0 spiro atoms. The van der Waals surface area contributed by atoms with Crippen molar-refractivity contribution in [3.63, 3.8) is 0 Å². The second-order valence-electron chi connectivity index (χ2n) is 13.4. The van der Waals surface area contributed by atoms with Crippen molar-refractivity contribution < 1.29 is 29.6 Å². The number of aliphatic hydroxyl groups excluding tert-OH is 1. The van der Waals surface area contributed by atoms with E-state index in [0.29, 0.717) is 24.0 Å². The van der Waals surface area contributed by atoms with Gasteiger partial charge < -0.3 is 20.1 Å². The Balaban J connectivity index is 1.45. The number of carbonyl (C=O) groups is 2. The number of ether oxygens (including phenoxy) is 1. The standard InChI is InChI=1S/C32H50O6/c1-6-7-8-9-10-11-12-13-14-15-26(34)38-31-18-22(3)32(37)24(27(31)29(31,4)5)17-23(20-33)19-30(36)25(32)16-21(2)28(30)35/h16-17,22,24-25,27,33,36-37H,6-15,18-20H2,1-5H3/t22-,24+,25-,27-,30-,31+,32-/m1/s1. The van der Waals surface area contributed by atoms with Crippen LogP contribution in [0, 0.1) is 29.1 Å². The van der Waals surface area contributed by atoms with Gasteiger partial charge in [-0.2, -0.15) is 0 Å². The molecule has 0 heterocycles. The fourth-order valence-corrected chi connectivity index (χ4v) is 8.43. The van der Waals surface area contributed by atoms with Gasteiger partial charge >= 0.3 is 5.97 Å². The number of aliphatic hydroxyl groups is 3. The van der Waals surface area contributed by atoms with Crippen molar-refractivity contribution in [3.05, 3.63) is 23.3 Å². The smallest absolute Gasteiger partial charge is 0.306 e. The van der Waals surface area contributed by atoms with Crippen LogP contribution in [-0.4, -0.2) is 50.5 Å². The molecule has 0 saturated heterocycles. The van der Waals surface area contributed by atoms with E-state index in [4.69, 9.17) is 4.74 Å². The second kappa shape index (κ2) is 10.8. The van der Waals surface area contributed by atoms with Crippen molar-refractivity contribution >= 4 is 11.8 Å². The molecule has 0 unspecified atom stereocenters. The van der Waals surface area contributed by atoms with Crippen molar-refractivity contribution in [2.45, 2.75) is 128 Å². The summed E-state index contributed by atoms with van der Waals surface area (Å²) in [7, 11) is 0. The molecule has 38 heavy (non-hydrogen) atoms. The molecule has 6 heteroatoms. The maximum atomic E-state index is 13.1. The van der Waals surface area contributed by atoms with Crippen LogP contribution in [0.5, 0.6) is 0 Å². The number of hydrogen-bond acceptors (Lipinski definition) is 6. The van der Waals surface area contributed by atoms with Gasteiger partial charge in [0.05, 0.1) is 12.2 Å². The van der Waals surface area contributed by atoms with Crippen molar-refractivity contribution in [1.82, 2.24) is 0 Å². The highest BCUT2D eigenvalue weighted by atomic mass is 16.6. The summed E-state index contributed by atoms with van der Waals surface area (Å²) >= 11 is 0. The monoisotopic (exact) mass is 530 g/mol. The van der Waals surface area contributed by atoms with Gasteiger partial charge in [0.25, 0.3) is 0 Å². The Morgan fingerprint density at radius 3 is 2.24 bits per heavy atom. The first-order valence-corrected chi connectivity index (χ1v) is 15.1. The van der Waals surface area contributed by atoms with Crippen LogP contribution in [0.25, 0.3) is 0 Å². The van der Waals surface area contributed by atoms with Crippen LogP contribution in [0.15, 0.2) is 23.3 Å². The van der Waals surface area contributed by atoms with Gasteiger partial charge in [-0.05, 0) is 36.8 Å². The molecule has 0 radical (unpaired) electrons. The van der Waals surface area contributed by atoms with Gasteiger partial charge in [0.2, 0.25) is 0 Å². The van der Waals surface area contributed by atoms with Crippen LogP contribution in [0.1, 0.15) is 112 Å². The molecule has 6 nitrogen and oxygen atoms in total. The summed E-state index contributed by atoms with van der Waals surface area (Å²) in [5, 5.41) is 34.1. The van der Waals surface area contributed by atoms with E-state index in [9.17, 15) is 24.9 Å². The molecular weight excluding hydrogens is 480 g/mol. The lowest BCUT2D eigenvalue weighted by Crippen LogP contribution is -2.61. The van der Waals surface area contributed by atoms with Crippen LogP contribution >= 0.6 is 0 Å². The molecule has 4 rings (SSSR count). The summed E-state index contributed by atoms with van der Waals surface area (Å²) < 4.78 is 6.31. The largest absolute Gasteiger partial charge is 0.458 e. The molecule has 4 aliphatic rings. The summed E-state index contributed by atoms with van der Waals surface area (Å²) in [6.07, 6.45) is 15.2. The molecule has 0 aromatic carbocycles. The van der Waals surface area contributed by atoms with Crippen molar-refractivity contribution in [2.75, 3.05) is 6.61 Å². The first kappa shape index (κ1) is 29.5. The molecule has 2 saturated carbocycles. The van der Waals surface area contributed by atoms with Gasteiger partial charge in [0.1, 0.15) is 11.2 Å². The highest BCUT2D eigenvalue weighted by molar-refractivity contribution is 6.04. The molecule has 0 aliphatic heterocycles. The number of fused-ring (bicyclic) bond motifs is 5. The zero-order valence-corrected chi connectivity index (χ0v) is 24.2. The minimum Gasteiger partial charge on any atom is -0.458 e. The molecular formula is C32H50O6. The third-order valence-corrected chi connectivity index (χ3v) is 10.7. The fraction of sp³-hybridized carbons (Fsp3) is 0.812. The Kier molecular flexibility index (Phi) is 8.39. The van der Waals surface area contributed by atoms with E-state index >= 15 is 0 Å². The molecule has 0 bridgehead atoms. The van der Waals surface area contributed by atoms with Crippen LogP contribution in [-0.2, 0) is 14.3 Å². The predicted octanol–water partition coefficient (Wildman–Crippen LogP) is 5.43. The summed E-state index contributed by atoms with van der Waals surface area (Å²) in [5.41, 5.74) is -3.20. The van der Waals surface area contributed by atoms with Gasteiger partial charge in [-0.3, -0.25) is 9.59 Å². The topological polar surface area (TPSA) is 104 Å². The van der Waals surface area contributed by atoms with E-state index in [1.165, 1.54) is 38.5 Å². The van der Waals surface area contributed by atoms with Crippen LogP contribution in [0.4, 0.5) is 0 Å². The third kappa shape index (κ3) is 4.62. The average molecular weight is 531 g/mol. The summed E-state index contributed by atoms with van der Waals surface area (Å²) in [6.45, 7) is 9.74. The normalized spacial score (nSPS) is 38.9. The van der Waals surface area contributed by atoms with E-state index in [-0.39, 0.29) is 42.0 Å². The molecule has 7 atom stereocenters. The lowest BCUT2D eigenvalue weighted by molar-refractivity contribution is -0.187. The highest BCUT2D eigenvalue weighted by Gasteiger charge is 2.83. The maximum Gasteiger partial charge on any atom is 0.306 e. The zero-order chi connectivity index (χ0) is 27.9. The number of rotatable bonds is 12. The Morgan fingerprint density at radius 2 is 1.63 bits per heavy atom. The van der Waals surface area contributed by atoms with E-state index in [1.807, 2.05) is 13.0 Å². The van der Waals surface area contributed by atoms with Gasteiger partial charge in [-0.1, -0.05) is 91.2 Å². The first-order chi connectivity index (χ1) is 17.9. The number of unbranched alkanes of at least 4 members (excludes halogenated alkanes) is 8. The number of esters is 1. The van der Waals surface area contributed by atoms with E-state index in [1.54, 1.807) is 13.0 Å². The van der Waals surface area contributed by atoms with E-state index < -0.39 is 28.6 Å². The molecule has 214 valence electrons. The lowest BCUT2D eigenvalue weighted by Gasteiger charge is -2.50. The van der Waals surface area contributed by atoms with Crippen LogP contribution in [0.2, 0.25) is 0 Å². The zero-order valence-electron chi connectivity index (χ0n) is 24.2. The number of carbonyl (C=O) groups excluding carboxylic acids is 2. The first-order valence-electron chi connectivity index (χ1n) is 15.1. The lowest BCUT2D eigenvalue weighted by atomic mass is 9.60. The highest BCUT2D eigenvalue weighted by Crippen LogP contribution is 2.76. The number of hydrogen-bond donors (Lipinski definition) is 3. The van der Waals surface area contributed by atoms with Crippen LogP contribution in [0.3, 0.4) is 0 Å². The Hall–Kier alpha value is -1.50. The molecule has 3 N–H and O–H groups in total. The Morgan fingerprint density at radius 1 is 1.03 bits per heavy atom. The fourth-order valence-electron chi connectivity index (χ4n) is 8.43. The van der Waals surface area contributed by atoms with Crippen molar-refractivity contribution in [2.24, 2.45) is 29.1 Å². The van der Waals surface area contributed by atoms with Crippen molar-refractivity contribution in [3.8, 4) is 0 Å². The summed E-state index contributed by atoms with van der Waals surface area (Å²) in [6, 6.07) is 0. The quantitative estimate of drug-likeness (QED) is 0.177.